The molecule has 1 rings (SSSR count). The lowest BCUT2D eigenvalue weighted by Gasteiger charge is -2.08. The van der Waals surface area contributed by atoms with Gasteiger partial charge in [0.2, 0.25) is 0 Å². The first kappa shape index (κ1) is 19.4. The summed E-state index contributed by atoms with van der Waals surface area (Å²) < 4.78 is 5.74. The summed E-state index contributed by atoms with van der Waals surface area (Å²) in [7, 11) is 1.66. The van der Waals surface area contributed by atoms with Gasteiger partial charge in [0.25, 0.3) is 0 Å². The minimum absolute atomic E-state index is 0.789. The van der Waals surface area contributed by atoms with Crippen molar-refractivity contribution in [3.8, 4) is 5.75 Å². The van der Waals surface area contributed by atoms with E-state index in [4.69, 9.17) is 9.57 Å². The first-order valence-corrected chi connectivity index (χ1v) is 8.55. The third-order valence-corrected chi connectivity index (χ3v) is 3.35. The Labute approximate surface area is 132 Å². The van der Waals surface area contributed by atoms with E-state index in [0.29, 0.717) is 0 Å². The average molecular weight is 347 g/mol. The number of hydrogen-bond acceptors (Lipinski definition) is 2. The summed E-state index contributed by atoms with van der Waals surface area (Å²) in [5.74, 6) is 0.921. The number of ether oxygens (including phenoxy) is 1. The van der Waals surface area contributed by atoms with E-state index in [0.717, 1.165) is 29.8 Å². The van der Waals surface area contributed by atoms with Crippen molar-refractivity contribution in [2.24, 2.45) is 0 Å². The molecule has 1 aromatic rings. The van der Waals surface area contributed by atoms with Crippen molar-refractivity contribution in [3.05, 3.63) is 23.8 Å². The smallest absolute Gasteiger partial charge is 0.168 e. The highest BCUT2D eigenvalue weighted by Crippen LogP contribution is 2.18. The molecule has 0 saturated carbocycles. The maximum absolute atomic E-state index is 5.74. The number of alkyl halides is 1. The van der Waals surface area contributed by atoms with Gasteiger partial charge in [0.15, 0.2) is 5.69 Å². The number of halogens is 1. The van der Waals surface area contributed by atoms with Crippen molar-refractivity contribution in [3.63, 3.8) is 0 Å². The van der Waals surface area contributed by atoms with Gasteiger partial charge >= 0.3 is 0 Å². The molecule has 0 fully saturated rings. The molecule has 0 unspecified atom stereocenters. The van der Waals surface area contributed by atoms with Crippen LogP contribution in [0.4, 0.5) is 5.69 Å². The van der Waals surface area contributed by atoms with Crippen LogP contribution in [0.2, 0.25) is 0 Å². The molecule has 0 atom stereocenters. The fraction of sp³-hybridized carbons (Fsp3) is 0.625. The van der Waals surface area contributed by atoms with Crippen molar-refractivity contribution in [1.82, 2.24) is 0 Å². The molecular weight excluding hydrogens is 318 g/mol. The SMILES string of the molecule is CC.CO[NH2+]c1cc(OCCCCCCBr)ccc1C. The highest BCUT2D eigenvalue weighted by atomic mass is 79.9. The molecule has 0 spiro atoms. The summed E-state index contributed by atoms with van der Waals surface area (Å²) in [4.78, 5) is 5.05. The Balaban J connectivity index is 0.00000172. The molecule has 20 heavy (non-hydrogen) atoms. The summed E-state index contributed by atoms with van der Waals surface area (Å²) in [6.45, 7) is 6.85. The summed E-state index contributed by atoms with van der Waals surface area (Å²) in [5.41, 5.74) is 4.02. The second-order valence-electron chi connectivity index (χ2n) is 4.32. The summed E-state index contributed by atoms with van der Waals surface area (Å²) >= 11 is 3.44. The van der Waals surface area contributed by atoms with Crippen LogP contribution in [-0.4, -0.2) is 19.0 Å². The molecular formula is C16H29BrNO2+. The number of hydrogen-bond donors (Lipinski definition) is 1. The van der Waals surface area contributed by atoms with Gasteiger partial charge in [-0.05, 0) is 31.9 Å². The molecule has 0 aliphatic heterocycles. The van der Waals surface area contributed by atoms with Crippen LogP contribution in [0, 0.1) is 6.92 Å². The van der Waals surface area contributed by atoms with Crippen molar-refractivity contribution in [2.45, 2.75) is 46.5 Å². The Kier molecular flexibility index (Phi) is 13.0. The Morgan fingerprint density at radius 3 is 2.45 bits per heavy atom. The average Bonchev–Trinajstić information content (AvgIpc) is 2.48. The number of aryl methyl sites for hydroxylation is 1. The second kappa shape index (κ2) is 13.4. The van der Waals surface area contributed by atoms with Crippen molar-refractivity contribution >= 4 is 21.6 Å². The van der Waals surface area contributed by atoms with E-state index in [2.05, 4.69) is 28.9 Å². The van der Waals surface area contributed by atoms with Gasteiger partial charge in [-0.3, -0.25) is 0 Å². The molecule has 116 valence electrons. The molecule has 0 heterocycles. The maximum atomic E-state index is 5.74. The van der Waals surface area contributed by atoms with E-state index < -0.39 is 0 Å². The number of unbranched alkanes of at least 4 members (excludes halogenated alkanes) is 3. The van der Waals surface area contributed by atoms with Gasteiger partial charge < -0.3 is 4.74 Å². The highest BCUT2D eigenvalue weighted by molar-refractivity contribution is 9.09. The summed E-state index contributed by atoms with van der Waals surface area (Å²) in [5, 5.41) is 1.10. The number of nitrogens with two attached hydrogens (primary N) is 1. The Morgan fingerprint density at radius 2 is 1.80 bits per heavy atom. The first-order valence-electron chi connectivity index (χ1n) is 7.43. The molecule has 0 radical (unpaired) electrons. The van der Waals surface area contributed by atoms with Crippen LogP contribution in [0.15, 0.2) is 18.2 Å². The molecule has 0 saturated heterocycles. The molecule has 3 nitrogen and oxygen atoms in total. The molecule has 4 heteroatoms. The van der Waals surface area contributed by atoms with Crippen LogP contribution in [0.25, 0.3) is 0 Å². The zero-order valence-corrected chi connectivity index (χ0v) is 14.8. The first-order chi connectivity index (χ1) is 9.77. The van der Waals surface area contributed by atoms with Crippen molar-refractivity contribution < 1.29 is 15.1 Å². The molecule has 0 aromatic heterocycles. The van der Waals surface area contributed by atoms with Gasteiger partial charge in [-0.1, -0.05) is 42.6 Å². The molecule has 0 amide bonds. The Hall–Kier alpha value is -0.580. The van der Waals surface area contributed by atoms with Crippen LogP contribution in [0.1, 0.15) is 45.1 Å². The van der Waals surface area contributed by atoms with Crippen molar-refractivity contribution in [1.29, 1.82) is 0 Å². The van der Waals surface area contributed by atoms with Crippen LogP contribution < -0.4 is 10.2 Å². The van der Waals surface area contributed by atoms with Gasteiger partial charge in [0.05, 0.1) is 13.7 Å². The predicted octanol–water partition coefficient (Wildman–Crippen LogP) is 4.11. The fourth-order valence-electron chi connectivity index (χ4n) is 1.70. The normalized spacial score (nSPS) is 9.85. The summed E-state index contributed by atoms with van der Waals surface area (Å²) in [6.07, 6.45) is 4.86. The van der Waals surface area contributed by atoms with Gasteiger partial charge in [0, 0.05) is 17.0 Å². The number of quaternary nitrogens is 1. The van der Waals surface area contributed by atoms with Crippen LogP contribution in [0.5, 0.6) is 5.75 Å². The van der Waals surface area contributed by atoms with Crippen LogP contribution >= 0.6 is 15.9 Å². The molecule has 2 N–H and O–H groups in total. The fourth-order valence-corrected chi connectivity index (χ4v) is 2.10. The van der Waals surface area contributed by atoms with E-state index in [9.17, 15) is 0 Å². The maximum Gasteiger partial charge on any atom is 0.168 e. The van der Waals surface area contributed by atoms with Gasteiger partial charge in [-0.25, -0.2) is 4.84 Å². The van der Waals surface area contributed by atoms with E-state index in [-0.39, 0.29) is 0 Å². The molecule has 0 bridgehead atoms. The lowest BCUT2D eigenvalue weighted by molar-refractivity contribution is -0.830. The standard InChI is InChI=1S/C14H22BrNO2.C2H6/c1-12-7-8-13(11-14(12)16-17-2)18-10-6-4-3-5-9-15;1-2/h7-8,11,16H,3-6,9-10H2,1-2H3;1-2H3/p+1. The quantitative estimate of drug-likeness (QED) is 0.316. The third-order valence-electron chi connectivity index (χ3n) is 2.79. The number of benzene rings is 1. The van der Waals surface area contributed by atoms with E-state index in [1.165, 1.54) is 24.8 Å². The zero-order chi connectivity index (χ0) is 15.2. The zero-order valence-electron chi connectivity index (χ0n) is 13.2. The van der Waals surface area contributed by atoms with Gasteiger partial charge in [0.1, 0.15) is 5.75 Å². The Morgan fingerprint density at radius 1 is 1.10 bits per heavy atom. The monoisotopic (exact) mass is 346 g/mol. The lowest BCUT2D eigenvalue weighted by atomic mass is 10.2. The lowest BCUT2D eigenvalue weighted by Crippen LogP contribution is -2.76. The van der Waals surface area contributed by atoms with E-state index in [1.807, 2.05) is 26.0 Å². The van der Waals surface area contributed by atoms with Gasteiger partial charge in [-0.2, -0.15) is 5.48 Å². The highest BCUT2D eigenvalue weighted by Gasteiger charge is 2.04. The van der Waals surface area contributed by atoms with E-state index >= 15 is 0 Å². The molecule has 1 aromatic carbocycles. The van der Waals surface area contributed by atoms with E-state index in [1.54, 1.807) is 12.6 Å². The minimum Gasteiger partial charge on any atom is -0.493 e. The Bertz CT molecular complexity index is 345. The van der Waals surface area contributed by atoms with Crippen LogP contribution in [0.3, 0.4) is 0 Å². The molecule has 0 aliphatic carbocycles. The van der Waals surface area contributed by atoms with Crippen LogP contribution in [-0.2, 0) is 4.84 Å². The topological polar surface area (TPSA) is 35.1 Å². The summed E-state index contributed by atoms with van der Waals surface area (Å²) in [6, 6.07) is 6.10. The van der Waals surface area contributed by atoms with Crippen molar-refractivity contribution in [2.75, 3.05) is 19.0 Å². The number of rotatable bonds is 9. The predicted molar refractivity (Wildman–Crippen MR) is 88.9 cm³/mol. The largest absolute Gasteiger partial charge is 0.493 e. The molecule has 0 aliphatic rings. The van der Waals surface area contributed by atoms with Gasteiger partial charge in [-0.15, -0.1) is 0 Å². The minimum atomic E-state index is 0.789. The second-order valence-corrected chi connectivity index (χ2v) is 5.12. The third kappa shape index (κ3) is 8.56.